The number of carbonyl (C=O) groups is 1. The molecule has 1 heterocycles. The van der Waals surface area contributed by atoms with Crippen molar-refractivity contribution in [3.8, 4) is 0 Å². The van der Waals surface area contributed by atoms with Gasteiger partial charge in [-0.05, 0) is 31.5 Å². The molecule has 3 rings (SSSR count). The highest BCUT2D eigenvalue weighted by molar-refractivity contribution is 7.99. The standard InChI is InChI=1S/C15H20N2OS/c1-2-16(12-7-8-12)11-15(18)17-9-10-19-14-6-4-3-5-13(14)17/h3-6,12H,2,7-11H2,1H3. The van der Waals surface area contributed by atoms with E-state index in [2.05, 4.69) is 24.0 Å². The number of thioether (sulfide) groups is 1. The van der Waals surface area contributed by atoms with Crippen LogP contribution in [0.15, 0.2) is 29.2 Å². The third-order valence-electron chi connectivity index (χ3n) is 3.84. The summed E-state index contributed by atoms with van der Waals surface area (Å²) in [7, 11) is 0. The summed E-state index contributed by atoms with van der Waals surface area (Å²) in [5, 5.41) is 0. The smallest absolute Gasteiger partial charge is 0.241 e. The Kier molecular flexibility index (Phi) is 3.80. The average Bonchev–Trinajstić information content (AvgIpc) is 3.28. The molecular weight excluding hydrogens is 256 g/mol. The molecule has 1 aromatic rings. The monoisotopic (exact) mass is 276 g/mol. The molecule has 1 amide bonds. The van der Waals surface area contributed by atoms with Crippen LogP contribution in [-0.2, 0) is 4.79 Å². The number of fused-ring (bicyclic) bond motifs is 1. The minimum atomic E-state index is 0.251. The van der Waals surface area contributed by atoms with Crippen molar-refractivity contribution in [3.63, 3.8) is 0 Å². The lowest BCUT2D eigenvalue weighted by Crippen LogP contribution is -2.43. The zero-order valence-corrected chi connectivity index (χ0v) is 12.2. The molecule has 1 aliphatic carbocycles. The van der Waals surface area contributed by atoms with Gasteiger partial charge in [-0.25, -0.2) is 0 Å². The fourth-order valence-corrected chi connectivity index (χ4v) is 3.62. The van der Waals surface area contributed by atoms with E-state index in [0.717, 1.165) is 24.5 Å². The van der Waals surface area contributed by atoms with Gasteiger partial charge in [0.05, 0.1) is 12.2 Å². The molecule has 0 spiro atoms. The van der Waals surface area contributed by atoms with Gasteiger partial charge < -0.3 is 4.90 Å². The van der Waals surface area contributed by atoms with Crippen molar-refractivity contribution < 1.29 is 4.79 Å². The highest BCUT2D eigenvalue weighted by Crippen LogP contribution is 2.34. The zero-order chi connectivity index (χ0) is 13.2. The molecule has 4 heteroatoms. The summed E-state index contributed by atoms with van der Waals surface area (Å²) in [4.78, 5) is 18.1. The van der Waals surface area contributed by atoms with Crippen molar-refractivity contribution in [2.75, 3.05) is 30.3 Å². The van der Waals surface area contributed by atoms with Gasteiger partial charge in [0.1, 0.15) is 0 Å². The Morgan fingerprint density at radius 1 is 1.42 bits per heavy atom. The molecule has 1 fully saturated rings. The number of benzene rings is 1. The number of hydrogen-bond donors (Lipinski definition) is 0. The first-order chi connectivity index (χ1) is 9.29. The minimum absolute atomic E-state index is 0.251. The Bertz CT molecular complexity index is 473. The number of rotatable bonds is 4. The summed E-state index contributed by atoms with van der Waals surface area (Å²) < 4.78 is 0. The first-order valence-electron chi connectivity index (χ1n) is 7.06. The Labute approximate surface area is 119 Å². The molecule has 0 atom stereocenters. The molecule has 19 heavy (non-hydrogen) atoms. The van der Waals surface area contributed by atoms with Crippen molar-refractivity contribution in [3.05, 3.63) is 24.3 Å². The van der Waals surface area contributed by atoms with Gasteiger partial charge >= 0.3 is 0 Å². The maximum atomic E-state index is 12.5. The van der Waals surface area contributed by atoms with Crippen molar-refractivity contribution in [2.24, 2.45) is 0 Å². The van der Waals surface area contributed by atoms with Gasteiger partial charge in [-0.1, -0.05) is 19.1 Å². The van der Waals surface area contributed by atoms with Crippen molar-refractivity contribution >= 4 is 23.4 Å². The lowest BCUT2D eigenvalue weighted by atomic mass is 10.2. The van der Waals surface area contributed by atoms with Crippen LogP contribution in [0.5, 0.6) is 0 Å². The van der Waals surface area contributed by atoms with E-state index in [-0.39, 0.29) is 5.91 Å². The van der Waals surface area contributed by atoms with E-state index >= 15 is 0 Å². The predicted octanol–water partition coefficient (Wildman–Crippen LogP) is 2.61. The van der Waals surface area contributed by atoms with Crippen LogP contribution < -0.4 is 4.90 Å². The van der Waals surface area contributed by atoms with Crippen LogP contribution in [0.25, 0.3) is 0 Å². The third kappa shape index (κ3) is 2.79. The van der Waals surface area contributed by atoms with E-state index in [1.807, 2.05) is 28.8 Å². The van der Waals surface area contributed by atoms with Gasteiger partial charge in [0.2, 0.25) is 5.91 Å². The molecule has 1 aromatic carbocycles. The Morgan fingerprint density at radius 2 is 2.21 bits per heavy atom. The number of amides is 1. The van der Waals surface area contributed by atoms with Crippen molar-refractivity contribution in [1.82, 2.24) is 4.90 Å². The number of para-hydroxylation sites is 1. The van der Waals surface area contributed by atoms with Crippen molar-refractivity contribution in [1.29, 1.82) is 0 Å². The van der Waals surface area contributed by atoms with Crippen LogP contribution in [-0.4, -0.2) is 42.2 Å². The summed E-state index contributed by atoms with van der Waals surface area (Å²) in [5.41, 5.74) is 1.09. The lowest BCUT2D eigenvalue weighted by Gasteiger charge is -2.31. The lowest BCUT2D eigenvalue weighted by molar-refractivity contribution is -0.119. The molecule has 0 N–H and O–H groups in total. The number of nitrogens with zero attached hydrogens (tertiary/aromatic N) is 2. The average molecular weight is 276 g/mol. The second-order valence-corrected chi connectivity index (χ2v) is 6.29. The Hall–Kier alpha value is -1.00. The summed E-state index contributed by atoms with van der Waals surface area (Å²) in [5.74, 6) is 1.25. The summed E-state index contributed by atoms with van der Waals surface area (Å²) in [6.07, 6.45) is 2.51. The molecule has 1 aliphatic heterocycles. The molecule has 0 aromatic heterocycles. The third-order valence-corrected chi connectivity index (χ3v) is 4.88. The highest BCUT2D eigenvalue weighted by atomic mass is 32.2. The fraction of sp³-hybridized carbons (Fsp3) is 0.533. The van der Waals surface area contributed by atoms with Gasteiger partial charge in [-0.2, -0.15) is 0 Å². The minimum Gasteiger partial charge on any atom is -0.309 e. The van der Waals surface area contributed by atoms with Crippen LogP contribution >= 0.6 is 11.8 Å². The van der Waals surface area contributed by atoms with E-state index < -0.39 is 0 Å². The summed E-state index contributed by atoms with van der Waals surface area (Å²) >= 11 is 1.85. The quantitative estimate of drug-likeness (QED) is 0.844. The van der Waals surface area contributed by atoms with Crippen LogP contribution in [0.4, 0.5) is 5.69 Å². The molecule has 1 saturated carbocycles. The molecule has 0 saturated heterocycles. The molecule has 0 bridgehead atoms. The Morgan fingerprint density at radius 3 is 2.95 bits per heavy atom. The zero-order valence-electron chi connectivity index (χ0n) is 11.3. The molecule has 2 aliphatic rings. The summed E-state index contributed by atoms with van der Waals surface area (Å²) in [6, 6.07) is 8.89. The first kappa shape index (κ1) is 13.0. The van der Waals surface area contributed by atoms with E-state index in [9.17, 15) is 4.79 Å². The van der Waals surface area contributed by atoms with E-state index in [0.29, 0.717) is 12.6 Å². The highest BCUT2D eigenvalue weighted by Gasteiger charge is 2.31. The number of carbonyl (C=O) groups excluding carboxylic acids is 1. The predicted molar refractivity (Wildman–Crippen MR) is 79.8 cm³/mol. The second kappa shape index (κ2) is 5.55. The number of anilines is 1. The van der Waals surface area contributed by atoms with Crippen LogP contribution in [0, 0.1) is 0 Å². The molecule has 102 valence electrons. The van der Waals surface area contributed by atoms with Gasteiger partial charge in [-0.15, -0.1) is 11.8 Å². The molecule has 0 unspecified atom stereocenters. The van der Waals surface area contributed by atoms with Crippen LogP contribution in [0.1, 0.15) is 19.8 Å². The van der Waals surface area contributed by atoms with Gasteiger partial charge in [0, 0.05) is 23.2 Å². The van der Waals surface area contributed by atoms with Crippen molar-refractivity contribution in [2.45, 2.75) is 30.7 Å². The van der Waals surface area contributed by atoms with Gasteiger partial charge in [-0.3, -0.25) is 9.69 Å². The first-order valence-corrected chi connectivity index (χ1v) is 8.04. The SMILES string of the molecule is CCN(CC(=O)N1CCSc2ccccc21)C1CC1. The van der Waals surface area contributed by atoms with E-state index in [1.165, 1.54) is 17.7 Å². The molecule has 3 nitrogen and oxygen atoms in total. The molecule has 0 radical (unpaired) electrons. The van der Waals surface area contributed by atoms with Gasteiger partial charge in [0.15, 0.2) is 0 Å². The Balaban J connectivity index is 1.73. The fourth-order valence-electron chi connectivity index (χ4n) is 2.63. The van der Waals surface area contributed by atoms with Crippen LogP contribution in [0.3, 0.4) is 0 Å². The normalized spacial score (nSPS) is 18.5. The number of hydrogen-bond acceptors (Lipinski definition) is 3. The van der Waals surface area contributed by atoms with Crippen LogP contribution in [0.2, 0.25) is 0 Å². The maximum Gasteiger partial charge on any atom is 0.241 e. The van der Waals surface area contributed by atoms with E-state index in [4.69, 9.17) is 0 Å². The topological polar surface area (TPSA) is 23.6 Å². The largest absolute Gasteiger partial charge is 0.309 e. The van der Waals surface area contributed by atoms with Gasteiger partial charge in [0.25, 0.3) is 0 Å². The number of likely N-dealkylation sites (N-methyl/N-ethyl adjacent to an activating group) is 1. The summed E-state index contributed by atoms with van der Waals surface area (Å²) in [6.45, 7) is 4.52. The molecular formula is C15H20N2OS. The second-order valence-electron chi connectivity index (χ2n) is 5.16. The maximum absolute atomic E-state index is 12.5. The van der Waals surface area contributed by atoms with E-state index in [1.54, 1.807) is 0 Å².